The second-order valence-electron chi connectivity index (χ2n) is 12.0. The molecule has 2 heterocycles. The van der Waals surface area contributed by atoms with E-state index in [4.69, 9.17) is 28.4 Å². The highest BCUT2D eigenvalue weighted by Gasteiger charge is 2.49. The minimum absolute atomic E-state index is 0.128. The third kappa shape index (κ3) is 8.10. The van der Waals surface area contributed by atoms with Gasteiger partial charge in [0.2, 0.25) is 12.6 Å². The van der Waals surface area contributed by atoms with E-state index in [1.807, 2.05) is 0 Å². The second-order valence-corrected chi connectivity index (χ2v) is 12.0. The van der Waals surface area contributed by atoms with Crippen molar-refractivity contribution in [2.75, 3.05) is 14.2 Å². The molecule has 2 aliphatic rings. The van der Waals surface area contributed by atoms with Gasteiger partial charge in [-0.15, -0.1) is 0 Å². The van der Waals surface area contributed by atoms with E-state index in [1.54, 1.807) is 36.4 Å². The van der Waals surface area contributed by atoms with Gasteiger partial charge in [-0.3, -0.25) is 0 Å². The number of hydrogen-bond acceptors (Lipinski definition) is 14. The van der Waals surface area contributed by atoms with Gasteiger partial charge in [0.1, 0.15) is 36.6 Å². The molecule has 2 saturated heterocycles. The Kier molecular flexibility index (Phi) is 12.1. The van der Waals surface area contributed by atoms with Crippen molar-refractivity contribution >= 4 is 11.9 Å². The van der Waals surface area contributed by atoms with E-state index in [0.717, 1.165) is 11.1 Å². The number of methoxy groups -OCH3 is 2. The number of aliphatic hydroxyl groups is 6. The molecule has 16 nitrogen and oxygen atoms in total. The Hall–Kier alpha value is -3.74. The number of carboxylic acid groups (broad SMARTS) is 2. The smallest absolute Gasteiger partial charge is 0.335 e. The molecule has 4 rings (SSSR count). The van der Waals surface area contributed by atoms with Crippen molar-refractivity contribution in [3.8, 4) is 23.0 Å². The van der Waals surface area contributed by atoms with Gasteiger partial charge < -0.3 is 69.3 Å². The number of rotatable bonds is 13. The van der Waals surface area contributed by atoms with E-state index in [-0.39, 0.29) is 34.8 Å². The molecular formula is C32H42O16. The molecule has 2 fully saturated rings. The van der Waals surface area contributed by atoms with E-state index in [9.17, 15) is 50.4 Å². The summed E-state index contributed by atoms with van der Waals surface area (Å²) in [6.45, 7) is 4.14. The number of hydrogen-bond donors (Lipinski definition) is 8. The lowest BCUT2D eigenvalue weighted by Gasteiger charge is -2.38. The van der Waals surface area contributed by atoms with Gasteiger partial charge in [-0.25, -0.2) is 9.59 Å². The van der Waals surface area contributed by atoms with Gasteiger partial charge in [-0.2, -0.15) is 0 Å². The first kappa shape index (κ1) is 37.1. The predicted molar refractivity (Wildman–Crippen MR) is 162 cm³/mol. The third-order valence-corrected chi connectivity index (χ3v) is 8.66. The number of benzene rings is 2. The normalized spacial score (nSPS) is 31.7. The van der Waals surface area contributed by atoms with Gasteiger partial charge in [-0.05, 0) is 60.1 Å². The van der Waals surface area contributed by atoms with Gasteiger partial charge >= 0.3 is 11.9 Å². The lowest BCUT2D eigenvalue weighted by atomic mass is 9.85. The molecule has 0 radical (unpaired) electrons. The Morgan fingerprint density at radius 2 is 0.958 bits per heavy atom. The van der Waals surface area contributed by atoms with Crippen LogP contribution in [-0.4, -0.2) is 128 Å². The van der Waals surface area contributed by atoms with Crippen LogP contribution in [0.4, 0.5) is 0 Å². The molecule has 2 aliphatic heterocycles. The zero-order valence-corrected chi connectivity index (χ0v) is 26.7. The van der Waals surface area contributed by atoms with Crippen LogP contribution in [0.25, 0.3) is 0 Å². The minimum Gasteiger partial charge on any atom is -0.493 e. The molecule has 16 heteroatoms. The van der Waals surface area contributed by atoms with Crippen LogP contribution in [0.2, 0.25) is 0 Å². The third-order valence-electron chi connectivity index (χ3n) is 8.66. The fourth-order valence-electron chi connectivity index (χ4n) is 5.57. The van der Waals surface area contributed by atoms with Crippen molar-refractivity contribution in [3.05, 3.63) is 47.5 Å². The molecule has 0 saturated carbocycles. The van der Waals surface area contributed by atoms with Crippen LogP contribution in [0.3, 0.4) is 0 Å². The van der Waals surface area contributed by atoms with E-state index in [1.165, 1.54) is 14.2 Å². The monoisotopic (exact) mass is 682 g/mol. The van der Waals surface area contributed by atoms with Crippen LogP contribution in [0.1, 0.15) is 25.0 Å². The van der Waals surface area contributed by atoms with Crippen LogP contribution in [0.15, 0.2) is 36.4 Å². The Bertz CT molecular complexity index is 1310. The molecule has 48 heavy (non-hydrogen) atoms. The van der Waals surface area contributed by atoms with Gasteiger partial charge in [0.05, 0.1) is 14.2 Å². The summed E-state index contributed by atoms with van der Waals surface area (Å²) < 4.78 is 32.6. The van der Waals surface area contributed by atoms with Crippen molar-refractivity contribution < 1.29 is 78.9 Å². The van der Waals surface area contributed by atoms with Crippen LogP contribution in [0.5, 0.6) is 23.0 Å². The van der Waals surface area contributed by atoms with Crippen LogP contribution < -0.4 is 18.9 Å². The SMILES string of the molecule is COc1cc(CC(C)C(C)Cc2ccc(OC3OC(C(=O)O)C(O)C(O)C3O)c(OC)c2)ccc1OC1OC(C(=O)O)C(O)C(O)C1O. The Balaban J connectivity index is 1.39. The first-order valence-electron chi connectivity index (χ1n) is 15.2. The highest BCUT2D eigenvalue weighted by Crippen LogP contribution is 2.35. The number of aliphatic hydroxyl groups excluding tert-OH is 6. The van der Waals surface area contributed by atoms with E-state index in [0.29, 0.717) is 12.8 Å². The summed E-state index contributed by atoms with van der Waals surface area (Å²) in [5.74, 6) is -1.95. The van der Waals surface area contributed by atoms with Gasteiger partial charge in [0.25, 0.3) is 0 Å². The molecule has 2 aromatic rings. The molecule has 2 aromatic carbocycles. The molecule has 8 N–H and O–H groups in total. The highest BCUT2D eigenvalue weighted by molar-refractivity contribution is 5.74. The zero-order valence-electron chi connectivity index (χ0n) is 26.7. The summed E-state index contributed by atoms with van der Waals surface area (Å²) in [6, 6.07) is 10.2. The zero-order chi connectivity index (χ0) is 35.4. The minimum atomic E-state index is -1.85. The maximum Gasteiger partial charge on any atom is 0.335 e. The van der Waals surface area contributed by atoms with E-state index >= 15 is 0 Å². The number of aliphatic carboxylic acids is 2. The maximum atomic E-state index is 11.4. The highest BCUT2D eigenvalue weighted by atomic mass is 16.7. The molecule has 0 bridgehead atoms. The topological polar surface area (TPSA) is 251 Å². The molecule has 12 atom stereocenters. The summed E-state index contributed by atoms with van der Waals surface area (Å²) in [7, 11) is 2.82. The summed E-state index contributed by atoms with van der Waals surface area (Å²) in [5.41, 5.74) is 1.78. The van der Waals surface area contributed by atoms with Crippen molar-refractivity contribution in [3.63, 3.8) is 0 Å². The Morgan fingerprint density at radius 1 is 0.604 bits per heavy atom. The predicted octanol–water partition coefficient (Wildman–Crippen LogP) is -0.697. The van der Waals surface area contributed by atoms with Gasteiger partial charge in [-0.1, -0.05) is 26.0 Å². The first-order chi connectivity index (χ1) is 22.7. The molecule has 0 amide bonds. The number of carbonyl (C=O) groups is 2. The van der Waals surface area contributed by atoms with Crippen molar-refractivity contribution in [2.24, 2.45) is 11.8 Å². The van der Waals surface area contributed by atoms with Crippen LogP contribution >= 0.6 is 0 Å². The lowest BCUT2D eigenvalue weighted by Crippen LogP contribution is -2.61. The summed E-state index contributed by atoms with van der Waals surface area (Å²) >= 11 is 0. The standard InChI is InChI=1S/C32H42O16/c1-13(9-15-5-7-17(19(11-15)43-3)45-31-25(37)21(33)23(35)27(47-31)29(39)40)14(2)10-16-6-8-18(20(12-16)44-4)46-32-26(38)22(34)24(36)28(48-32)30(41)42/h5-8,11-14,21-28,31-38H,9-10H2,1-4H3,(H,39,40)(H,41,42). The van der Waals surface area contributed by atoms with Gasteiger partial charge in [0, 0.05) is 0 Å². The van der Waals surface area contributed by atoms with Gasteiger partial charge in [0.15, 0.2) is 35.2 Å². The maximum absolute atomic E-state index is 11.4. The molecule has 0 spiro atoms. The average molecular weight is 683 g/mol. The van der Waals surface area contributed by atoms with E-state index < -0.39 is 73.4 Å². The number of ether oxygens (including phenoxy) is 6. The van der Waals surface area contributed by atoms with Crippen LogP contribution in [-0.2, 0) is 31.9 Å². The second kappa shape index (κ2) is 15.7. The molecular weight excluding hydrogens is 640 g/mol. The van der Waals surface area contributed by atoms with Crippen molar-refractivity contribution in [2.45, 2.75) is 88.1 Å². The summed E-state index contributed by atoms with van der Waals surface area (Å²) in [5, 5.41) is 79.2. The average Bonchev–Trinajstić information content (AvgIpc) is 3.05. The molecule has 12 unspecified atom stereocenters. The summed E-state index contributed by atoms with van der Waals surface area (Å²) in [6.07, 6.45) is -16.3. The fourth-order valence-corrected chi connectivity index (χ4v) is 5.57. The van der Waals surface area contributed by atoms with Crippen molar-refractivity contribution in [1.29, 1.82) is 0 Å². The summed E-state index contributed by atoms with van der Waals surface area (Å²) in [4.78, 5) is 22.8. The van der Waals surface area contributed by atoms with Crippen LogP contribution in [0, 0.1) is 11.8 Å². The largest absolute Gasteiger partial charge is 0.493 e. The van der Waals surface area contributed by atoms with Crippen molar-refractivity contribution in [1.82, 2.24) is 0 Å². The van der Waals surface area contributed by atoms with E-state index in [2.05, 4.69) is 13.8 Å². The molecule has 0 aromatic heterocycles. The number of carboxylic acids is 2. The first-order valence-corrected chi connectivity index (χ1v) is 15.2. The fraction of sp³-hybridized carbons (Fsp3) is 0.562. The molecule has 266 valence electrons. The lowest BCUT2D eigenvalue weighted by molar-refractivity contribution is -0.271. The Labute approximate surface area is 275 Å². The quantitative estimate of drug-likeness (QED) is 0.130. The molecule has 0 aliphatic carbocycles. The Morgan fingerprint density at radius 3 is 1.27 bits per heavy atom.